The number of anilines is 1. The highest BCUT2D eigenvalue weighted by atomic mass is 16.1. The van der Waals surface area contributed by atoms with Gasteiger partial charge in [-0.05, 0) is 31.0 Å². The Balaban J connectivity index is 2.13. The monoisotopic (exact) mass is 245 g/mol. The van der Waals surface area contributed by atoms with E-state index in [0.29, 0.717) is 6.54 Å². The first-order valence-corrected chi connectivity index (χ1v) is 6.21. The zero-order valence-electron chi connectivity index (χ0n) is 10.4. The Hall–Kier alpha value is -1.81. The van der Waals surface area contributed by atoms with Crippen LogP contribution in [0.4, 0.5) is 5.69 Å². The number of carbonyl (C=O) groups excluding carboxylic acids is 1. The van der Waals surface area contributed by atoms with Gasteiger partial charge in [-0.1, -0.05) is 24.3 Å². The summed E-state index contributed by atoms with van der Waals surface area (Å²) in [6.07, 6.45) is 4.17. The topological polar surface area (TPSA) is 72.4 Å². The highest BCUT2D eigenvalue weighted by molar-refractivity contribution is 5.77. The molecule has 96 valence electrons. The number of allylic oxidation sites excluding steroid dienone is 1. The van der Waals surface area contributed by atoms with E-state index < -0.39 is 0 Å². The van der Waals surface area contributed by atoms with E-state index in [1.807, 2.05) is 24.3 Å². The van der Waals surface area contributed by atoms with Crippen LogP contribution < -0.4 is 11.5 Å². The van der Waals surface area contributed by atoms with E-state index in [1.165, 1.54) is 5.57 Å². The number of nitrogens with two attached hydrogens (primary N) is 2. The summed E-state index contributed by atoms with van der Waals surface area (Å²) in [6.45, 7) is 1.98. The van der Waals surface area contributed by atoms with E-state index in [9.17, 15) is 4.79 Å². The number of hydrogen-bond acceptors (Lipinski definition) is 3. The van der Waals surface area contributed by atoms with Gasteiger partial charge in [-0.3, -0.25) is 9.69 Å². The van der Waals surface area contributed by atoms with Gasteiger partial charge in [-0.2, -0.15) is 0 Å². The maximum Gasteiger partial charge on any atom is 0.231 e. The van der Waals surface area contributed by atoms with E-state index in [2.05, 4.69) is 11.0 Å². The molecule has 0 bridgehead atoms. The third kappa shape index (κ3) is 3.11. The number of benzene rings is 1. The van der Waals surface area contributed by atoms with E-state index in [0.717, 1.165) is 37.2 Å². The first kappa shape index (κ1) is 12.6. The van der Waals surface area contributed by atoms with Crippen LogP contribution in [0.15, 0.2) is 30.3 Å². The summed E-state index contributed by atoms with van der Waals surface area (Å²) in [5.41, 5.74) is 14.4. The molecular weight excluding hydrogens is 226 g/mol. The summed E-state index contributed by atoms with van der Waals surface area (Å²) < 4.78 is 0. The molecule has 0 atom stereocenters. The smallest absolute Gasteiger partial charge is 0.231 e. The first-order valence-electron chi connectivity index (χ1n) is 6.21. The van der Waals surface area contributed by atoms with E-state index in [1.54, 1.807) is 0 Å². The Kier molecular flexibility index (Phi) is 3.99. The summed E-state index contributed by atoms with van der Waals surface area (Å²) in [7, 11) is 0. The molecule has 0 spiro atoms. The molecule has 1 heterocycles. The predicted molar refractivity (Wildman–Crippen MR) is 73.7 cm³/mol. The minimum atomic E-state index is -0.272. The summed E-state index contributed by atoms with van der Waals surface area (Å²) in [5, 5.41) is 0. The van der Waals surface area contributed by atoms with Gasteiger partial charge in [0.2, 0.25) is 5.91 Å². The summed E-state index contributed by atoms with van der Waals surface area (Å²) in [5.74, 6) is -0.272. The zero-order valence-corrected chi connectivity index (χ0v) is 10.4. The van der Waals surface area contributed by atoms with Gasteiger partial charge in [0.1, 0.15) is 0 Å². The highest BCUT2D eigenvalue weighted by Gasteiger charge is 2.13. The van der Waals surface area contributed by atoms with Crippen molar-refractivity contribution >= 4 is 17.2 Å². The maximum atomic E-state index is 10.9. The number of rotatable bonds is 3. The van der Waals surface area contributed by atoms with Gasteiger partial charge in [0.25, 0.3) is 0 Å². The minimum absolute atomic E-state index is 0.272. The minimum Gasteiger partial charge on any atom is -0.398 e. The number of para-hydroxylation sites is 1. The fraction of sp³-hybridized carbons (Fsp3) is 0.357. The maximum absolute atomic E-state index is 10.9. The van der Waals surface area contributed by atoms with E-state index in [4.69, 9.17) is 11.5 Å². The molecule has 0 aromatic heterocycles. The van der Waals surface area contributed by atoms with Gasteiger partial charge in [-0.15, -0.1) is 0 Å². The summed E-state index contributed by atoms with van der Waals surface area (Å²) in [4.78, 5) is 13.0. The lowest BCUT2D eigenvalue weighted by Crippen LogP contribution is -2.34. The van der Waals surface area contributed by atoms with Gasteiger partial charge >= 0.3 is 0 Å². The molecule has 4 heteroatoms. The second kappa shape index (κ2) is 5.69. The van der Waals surface area contributed by atoms with Crippen LogP contribution in [-0.4, -0.2) is 30.4 Å². The van der Waals surface area contributed by atoms with Crippen molar-refractivity contribution in [3.05, 3.63) is 35.9 Å². The largest absolute Gasteiger partial charge is 0.398 e. The molecule has 0 radical (unpaired) electrons. The molecule has 4 N–H and O–H groups in total. The Labute approximate surface area is 107 Å². The standard InChI is InChI=1S/C14H19N3O/c15-13-6-2-1-5-12(13)11-4-3-8-17(9-7-11)10-14(16)18/h1-2,5-7H,3-4,8-10,15H2,(H2,16,18). The lowest BCUT2D eigenvalue weighted by molar-refractivity contribution is -0.119. The molecule has 2 rings (SSSR count). The lowest BCUT2D eigenvalue weighted by atomic mass is 10.00. The Morgan fingerprint density at radius 3 is 2.83 bits per heavy atom. The van der Waals surface area contributed by atoms with Crippen molar-refractivity contribution in [2.75, 3.05) is 25.4 Å². The van der Waals surface area contributed by atoms with Crippen LogP contribution in [0.1, 0.15) is 18.4 Å². The average Bonchev–Trinajstić information content (AvgIpc) is 2.55. The SMILES string of the molecule is NC(=O)CN1CC=C(c2ccccc2N)CCC1. The second-order valence-corrected chi connectivity index (χ2v) is 4.62. The quantitative estimate of drug-likeness (QED) is 0.787. The van der Waals surface area contributed by atoms with Crippen LogP contribution in [0.3, 0.4) is 0 Å². The molecule has 1 aliphatic rings. The van der Waals surface area contributed by atoms with Crippen LogP contribution in [0.2, 0.25) is 0 Å². The number of hydrogen-bond donors (Lipinski definition) is 2. The molecule has 1 aromatic carbocycles. The fourth-order valence-corrected chi connectivity index (χ4v) is 2.32. The van der Waals surface area contributed by atoms with Crippen LogP contribution in [-0.2, 0) is 4.79 Å². The van der Waals surface area contributed by atoms with Crippen LogP contribution in [0.25, 0.3) is 5.57 Å². The van der Waals surface area contributed by atoms with Gasteiger partial charge in [0.05, 0.1) is 6.54 Å². The molecule has 0 fully saturated rings. The number of nitrogens with zero attached hydrogens (tertiary/aromatic N) is 1. The number of nitrogen functional groups attached to an aromatic ring is 1. The number of primary amides is 1. The average molecular weight is 245 g/mol. The molecule has 4 nitrogen and oxygen atoms in total. The van der Waals surface area contributed by atoms with Crippen molar-refractivity contribution < 1.29 is 4.79 Å². The molecule has 1 amide bonds. The third-order valence-corrected chi connectivity index (χ3v) is 3.20. The zero-order chi connectivity index (χ0) is 13.0. The van der Waals surface area contributed by atoms with Crippen molar-refractivity contribution in [3.63, 3.8) is 0 Å². The van der Waals surface area contributed by atoms with E-state index >= 15 is 0 Å². The van der Waals surface area contributed by atoms with Crippen molar-refractivity contribution in [2.45, 2.75) is 12.8 Å². The molecule has 0 aliphatic carbocycles. The van der Waals surface area contributed by atoms with Crippen molar-refractivity contribution in [1.82, 2.24) is 4.90 Å². The molecule has 18 heavy (non-hydrogen) atoms. The Morgan fingerprint density at radius 2 is 2.11 bits per heavy atom. The second-order valence-electron chi connectivity index (χ2n) is 4.62. The number of amides is 1. The van der Waals surface area contributed by atoms with Crippen LogP contribution in [0, 0.1) is 0 Å². The van der Waals surface area contributed by atoms with Crippen molar-refractivity contribution in [2.24, 2.45) is 5.73 Å². The first-order chi connectivity index (χ1) is 8.66. The van der Waals surface area contributed by atoms with Gasteiger partial charge in [-0.25, -0.2) is 0 Å². The predicted octanol–water partition coefficient (Wildman–Crippen LogP) is 1.23. The summed E-state index contributed by atoms with van der Waals surface area (Å²) >= 11 is 0. The fourth-order valence-electron chi connectivity index (χ4n) is 2.32. The number of carbonyl (C=O) groups is 1. The Bertz CT molecular complexity index is 468. The van der Waals surface area contributed by atoms with Crippen molar-refractivity contribution in [3.8, 4) is 0 Å². The summed E-state index contributed by atoms with van der Waals surface area (Å²) in [6, 6.07) is 7.90. The molecule has 1 aliphatic heterocycles. The van der Waals surface area contributed by atoms with Crippen LogP contribution in [0.5, 0.6) is 0 Å². The normalized spacial score (nSPS) is 17.0. The van der Waals surface area contributed by atoms with Gasteiger partial charge in [0, 0.05) is 17.8 Å². The Morgan fingerprint density at radius 1 is 1.33 bits per heavy atom. The molecular formula is C14H19N3O. The van der Waals surface area contributed by atoms with Crippen molar-refractivity contribution in [1.29, 1.82) is 0 Å². The molecule has 0 saturated carbocycles. The van der Waals surface area contributed by atoms with E-state index in [-0.39, 0.29) is 5.91 Å². The van der Waals surface area contributed by atoms with Gasteiger partial charge in [0.15, 0.2) is 0 Å². The highest BCUT2D eigenvalue weighted by Crippen LogP contribution is 2.26. The van der Waals surface area contributed by atoms with Crippen LogP contribution >= 0.6 is 0 Å². The van der Waals surface area contributed by atoms with Gasteiger partial charge < -0.3 is 11.5 Å². The molecule has 0 unspecified atom stereocenters. The lowest BCUT2D eigenvalue weighted by Gasteiger charge is -2.15. The third-order valence-electron chi connectivity index (χ3n) is 3.20. The molecule has 0 saturated heterocycles. The molecule has 1 aromatic rings.